The third-order valence-corrected chi connectivity index (χ3v) is 2.46. The van der Waals surface area contributed by atoms with E-state index in [0.717, 1.165) is 5.56 Å². The zero-order valence-electron chi connectivity index (χ0n) is 10.4. The summed E-state index contributed by atoms with van der Waals surface area (Å²) in [7, 11) is 0. The molecule has 0 radical (unpaired) electrons. The van der Waals surface area contributed by atoms with Crippen molar-refractivity contribution in [2.24, 2.45) is 0 Å². The van der Waals surface area contributed by atoms with E-state index < -0.39 is 11.8 Å². The van der Waals surface area contributed by atoms with Crippen molar-refractivity contribution in [2.45, 2.75) is 6.92 Å². The van der Waals surface area contributed by atoms with Gasteiger partial charge in [0.05, 0.1) is 5.69 Å². The maximum atomic E-state index is 13.3. The molecule has 3 N–H and O–H groups in total. The molecule has 0 aromatic heterocycles. The van der Waals surface area contributed by atoms with Crippen LogP contribution in [0.1, 0.15) is 5.56 Å². The van der Waals surface area contributed by atoms with Gasteiger partial charge in [0.25, 0.3) is 0 Å². The number of hydrogen-bond acceptors (Lipinski definition) is 2. The minimum absolute atomic E-state index is 0.210. The van der Waals surface area contributed by atoms with Crippen molar-refractivity contribution < 1.29 is 9.18 Å². The summed E-state index contributed by atoms with van der Waals surface area (Å²) in [6, 6.07) is 13.0. The summed E-state index contributed by atoms with van der Waals surface area (Å²) in [5.74, 6) is -0.432. The zero-order valence-corrected chi connectivity index (χ0v) is 10.4. The Labute approximate surface area is 110 Å². The summed E-state index contributed by atoms with van der Waals surface area (Å²) >= 11 is 0. The van der Waals surface area contributed by atoms with Gasteiger partial charge in [0.1, 0.15) is 5.82 Å². The van der Waals surface area contributed by atoms with Crippen LogP contribution < -0.4 is 16.2 Å². The largest absolute Gasteiger partial charge is 0.337 e. The highest BCUT2D eigenvalue weighted by molar-refractivity contribution is 5.90. The first kappa shape index (κ1) is 12.9. The maximum absolute atomic E-state index is 13.3. The molecule has 2 aromatic rings. The van der Waals surface area contributed by atoms with Gasteiger partial charge in [-0.3, -0.25) is 10.9 Å². The van der Waals surface area contributed by atoms with Gasteiger partial charge in [-0.25, -0.2) is 9.18 Å². The number of carbonyl (C=O) groups excluding carboxylic acids is 1. The minimum Gasteiger partial charge on any atom is -0.307 e. The monoisotopic (exact) mass is 259 g/mol. The van der Waals surface area contributed by atoms with Crippen LogP contribution in [0.3, 0.4) is 0 Å². The lowest BCUT2D eigenvalue weighted by Crippen LogP contribution is -2.33. The van der Waals surface area contributed by atoms with Gasteiger partial charge < -0.3 is 5.32 Å². The van der Waals surface area contributed by atoms with E-state index in [2.05, 4.69) is 16.2 Å². The van der Waals surface area contributed by atoms with E-state index in [-0.39, 0.29) is 5.69 Å². The first-order valence-corrected chi connectivity index (χ1v) is 5.79. The number of para-hydroxylation sites is 1. The van der Waals surface area contributed by atoms with E-state index in [9.17, 15) is 9.18 Å². The topological polar surface area (TPSA) is 53.2 Å². The standard InChI is InChI=1S/C14H14FN3O/c1-10-5-4-6-11(9-10)16-14(19)18-17-13-8-3-2-7-12(13)15/h2-9,17H,1H3,(H2,16,18,19). The maximum Gasteiger partial charge on any atom is 0.337 e. The third kappa shape index (κ3) is 3.70. The second kappa shape index (κ2) is 5.86. The summed E-state index contributed by atoms with van der Waals surface area (Å²) in [5.41, 5.74) is 6.80. The number of hydrogen-bond donors (Lipinski definition) is 3. The lowest BCUT2D eigenvalue weighted by atomic mass is 10.2. The van der Waals surface area contributed by atoms with Gasteiger partial charge in [0.2, 0.25) is 0 Å². The van der Waals surface area contributed by atoms with E-state index in [1.54, 1.807) is 18.2 Å². The second-order valence-corrected chi connectivity index (χ2v) is 4.05. The number of carbonyl (C=O) groups is 1. The van der Waals surface area contributed by atoms with Gasteiger partial charge in [0, 0.05) is 5.69 Å². The molecular formula is C14H14FN3O. The molecule has 0 bridgehead atoms. The number of hydrazine groups is 1. The van der Waals surface area contributed by atoms with E-state index >= 15 is 0 Å². The number of urea groups is 1. The smallest absolute Gasteiger partial charge is 0.307 e. The molecule has 0 unspecified atom stereocenters. The first-order chi connectivity index (χ1) is 9.15. The second-order valence-electron chi connectivity index (χ2n) is 4.05. The zero-order chi connectivity index (χ0) is 13.7. The van der Waals surface area contributed by atoms with Crippen molar-refractivity contribution in [3.05, 3.63) is 59.9 Å². The van der Waals surface area contributed by atoms with Crippen LogP contribution in [0.2, 0.25) is 0 Å². The Morgan fingerprint density at radius 3 is 2.63 bits per heavy atom. The highest BCUT2D eigenvalue weighted by Gasteiger charge is 2.03. The molecule has 2 aromatic carbocycles. The molecule has 0 spiro atoms. The Kier molecular flexibility index (Phi) is 3.97. The molecule has 2 rings (SSSR count). The van der Waals surface area contributed by atoms with Gasteiger partial charge in [-0.15, -0.1) is 0 Å². The van der Waals surface area contributed by atoms with Gasteiger partial charge in [-0.2, -0.15) is 0 Å². The number of halogens is 1. The van der Waals surface area contributed by atoms with Crippen molar-refractivity contribution in [3.63, 3.8) is 0 Å². The first-order valence-electron chi connectivity index (χ1n) is 5.79. The minimum atomic E-state index is -0.464. The average Bonchev–Trinajstić information content (AvgIpc) is 2.38. The summed E-state index contributed by atoms with van der Waals surface area (Å²) in [6.07, 6.45) is 0. The third-order valence-electron chi connectivity index (χ3n) is 2.46. The molecule has 0 fully saturated rings. The molecule has 5 heteroatoms. The van der Waals surface area contributed by atoms with Crippen LogP contribution in [0.25, 0.3) is 0 Å². The fourth-order valence-electron chi connectivity index (χ4n) is 1.57. The Morgan fingerprint density at radius 1 is 1.11 bits per heavy atom. The number of amides is 2. The average molecular weight is 259 g/mol. The molecule has 0 heterocycles. The predicted molar refractivity (Wildman–Crippen MR) is 73.4 cm³/mol. The fourth-order valence-corrected chi connectivity index (χ4v) is 1.57. The molecule has 0 saturated carbocycles. The van der Waals surface area contributed by atoms with Gasteiger partial charge in [0.15, 0.2) is 0 Å². The van der Waals surface area contributed by atoms with Crippen LogP contribution in [-0.2, 0) is 0 Å². The number of aryl methyl sites for hydroxylation is 1. The number of benzene rings is 2. The van der Waals surface area contributed by atoms with Gasteiger partial charge >= 0.3 is 6.03 Å². The Bertz CT molecular complexity index is 586. The van der Waals surface area contributed by atoms with Crippen molar-refractivity contribution in [3.8, 4) is 0 Å². The highest BCUT2D eigenvalue weighted by atomic mass is 19.1. The van der Waals surface area contributed by atoms with E-state index in [1.165, 1.54) is 12.1 Å². The van der Waals surface area contributed by atoms with Gasteiger partial charge in [-0.05, 0) is 36.8 Å². The molecule has 98 valence electrons. The lowest BCUT2D eigenvalue weighted by molar-refractivity contribution is 0.254. The fraction of sp³-hybridized carbons (Fsp3) is 0.0714. The molecule has 4 nitrogen and oxygen atoms in total. The van der Waals surface area contributed by atoms with Crippen LogP contribution in [-0.4, -0.2) is 6.03 Å². The molecule has 0 aliphatic carbocycles. The van der Waals surface area contributed by atoms with Gasteiger partial charge in [-0.1, -0.05) is 24.3 Å². The molecule has 0 aliphatic heterocycles. The predicted octanol–water partition coefficient (Wildman–Crippen LogP) is 3.28. The van der Waals surface area contributed by atoms with Crippen molar-refractivity contribution >= 4 is 17.4 Å². The van der Waals surface area contributed by atoms with Crippen molar-refractivity contribution in [1.29, 1.82) is 0 Å². The molecule has 0 aliphatic rings. The molecule has 2 amide bonds. The Morgan fingerprint density at radius 2 is 1.89 bits per heavy atom. The Balaban J connectivity index is 1.90. The van der Waals surface area contributed by atoms with Crippen LogP contribution in [0, 0.1) is 12.7 Å². The number of rotatable bonds is 3. The highest BCUT2D eigenvalue weighted by Crippen LogP contribution is 2.11. The van der Waals surface area contributed by atoms with Crippen LogP contribution >= 0.6 is 0 Å². The normalized spacial score (nSPS) is 9.79. The molecule has 0 atom stereocenters. The van der Waals surface area contributed by atoms with Crippen LogP contribution in [0.15, 0.2) is 48.5 Å². The summed E-state index contributed by atoms with van der Waals surface area (Å²) in [4.78, 5) is 11.6. The molecular weight excluding hydrogens is 245 g/mol. The molecule has 0 saturated heterocycles. The van der Waals surface area contributed by atoms with Crippen LogP contribution in [0.5, 0.6) is 0 Å². The Hall–Kier alpha value is -2.56. The van der Waals surface area contributed by atoms with E-state index in [1.807, 2.05) is 25.1 Å². The van der Waals surface area contributed by atoms with E-state index in [4.69, 9.17) is 0 Å². The SMILES string of the molecule is Cc1cccc(NC(=O)NNc2ccccc2F)c1. The molecule has 19 heavy (non-hydrogen) atoms. The number of anilines is 2. The van der Waals surface area contributed by atoms with Crippen molar-refractivity contribution in [2.75, 3.05) is 10.7 Å². The lowest BCUT2D eigenvalue weighted by Gasteiger charge is -2.10. The summed E-state index contributed by atoms with van der Waals surface area (Å²) in [6.45, 7) is 1.93. The van der Waals surface area contributed by atoms with Crippen molar-refractivity contribution in [1.82, 2.24) is 5.43 Å². The van der Waals surface area contributed by atoms with E-state index in [0.29, 0.717) is 5.69 Å². The summed E-state index contributed by atoms with van der Waals surface area (Å²) in [5, 5.41) is 2.64. The number of nitrogens with one attached hydrogen (secondary N) is 3. The van der Waals surface area contributed by atoms with Crippen LogP contribution in [0.4, 0.5) is 20.6 Å². The quantitative estimate of drug-likeness (QED) is 0.741. The summed E-state index contributed by atoms with van der Waals surface area (Å²) < 4.78 is 13.3.